The van der Waals surface area contributed by atoms with Crippen LogP contribution in [-0.2, 0) is 11.2 Å². The second-order valence-corrected chi connectivity index (χ2v) is 6.66. The molecule has 0 fully saturated rings. The summed E-state index contributed by atoms with van der Waals surface area (Å²) in [5.74, 6) is 1.72. The molecule has 2 aromatic carbocycles. The molecule has 5 nitrogen and oxygen atoms in total. The fourth-order valence-electron chi connectivity index (χ4n) is 2.82. The van der Waals surface area contributed by atoms with Crippen molar-refractivity contribution in [3.8, 4) is 17.2 Å². The quantitative estimate of drug-likeness (QED) is 0.809. The lowest BCUT2D eigenvalue weighted by Gasteiger charge is -2.17. The van der Waals surface area contributed by atoms with Crippen LogP contribution in [0.4, 0.5) is 5.69 Å². The third kappa shape index (κ3) is 4.22. The molecule has 2 aromatic rings. The van der Waals surface area contributed by atoms with E-state index in [1.165, 1.54) is 0 Å². The summed E-state index contributed by atoms with van der Waals surface area (Å²) in [6, 6.07) is 10.6. The van der Waals surface area contributed by atoms with E-state index in [1.807, 2.05) is 26.0 Å². The van der Waals surface area contributed by atoms with Crippen LogP contribution in [0, 0.1) is 0 Å². The zero-order chi connectivity index (χ0) is 18.7. The maximum Gasteiger partial charge on any atom is 0.265 e. The molecule has 1 heterocycles. The number of fused-ring (bicyclic) bond motifs is 1. The van der Waals surface area contributed by atoms with Gasteiger partial charge in [0.15, 0.2) is 6.10 Å². The Bertz CT molecular complexity index is 791. The molecular weight excluding hydrogens is 354 g/mol. The molecule has 1 aliphatic rings. The second-order valence-electron chi connectivity index (χ2n) is 6.22. The Kier molecular flexibility index (Phi) is 5.57. The van der Waals surface area contributed by atoms with E-state index >= 15 is 0 Å². The Morgan fingerprint density at radius 3 is 2.77 bits per heavy atom. The Hall–Kier alpha value is -2.40. The van der Waals surface area contributed by atoms with E-state index in [1.54, 1.807) is 31.2 Å². The maximum absolute atomic E-state index is 12.5. The van der Waals surface area contributed by atoms with Crippen molar-refractivity contribution in [2.75, 3.05) is 11.9 Å². The molecule has 0 aromatic heterocycles. The van der Waals surface area contributed by atoms with Gasteiger partial charge in [-0.2, -0.15) is 0 Å². The van der Waals surface area contributed by atoms with Crippen molar-refractivity contribution in [3.63, 3.8) is 0 Å². The van der Waals surface area contributed by atoms with Crippen LogP contribution in [0.2, 0.25) is 5.02 Å². The molecule has 138 valence electrons. The van der Waals surface area contributed by atoms with Gasteiger partial charge in [0, 0.05) is 23.1 Å². The van der Waals surface area contributed by atoms with Gasteiger partial charge in [0.25, 0.3) is 5.91 Å². The summed E-state index contributed by atoms with van der Waals surface area (Å²) in [7, 11) is 0. The number of carbonyl (C=O) groups excluding carboxylic acids is 1. The van der Waals surface area contributed by atoms with Gasteiger partial charge in [-0.25, -0.2) is 0 Å². The molecular formula is C20H22ClNO4. The summed E-state index contributed by atoms with van der Waals surface area (Å²) < 4.78 is 17.1. The predicted molar refractivity (Wildman–Crippen MR) is 102 cm³/mol. The van der Waals surface area contributed by atoms with Gasteiger partial charge < -0.3 is 19.5 Å². The molecule has 2 unspecified atom stereocenters. The summed E-state index contributed by atoms with van der Waals surface area (Å²) in [5.41, 5.74) is 1.67. The van der Waals surface area contributed by atoms with Gasteiger partial charge >= 0.3 is 0 Å². The third-order valence-corrected chi connectivity index (χ3v) is 4.30. The molecule has 0 bridgehead atoms. The number of ether oxygens (including phenoxy) is 3. The molecule has 6 heteroatoms. The number of amides is 1. The molecule has 0 aliphatic carbocycles. The van der Waals surface area contributed by atoms with Crippen molar-refractivity contribution in [2.24, 2.45) is 0 Å². The number of hydrogen-bond donors (Lipinski definition) is 1. The monoisotopic (exact) mass is 375 g/mol. The topological polar surface area (TPSA) is 56.8 Å². The number of rotatable bonds is 6. The maximum atomic E-state index is 12.5. The van der Waals surface area contributed by atoms with Gasteiger partial charge in [-0.1, -0.05) is 11.6 Å². The summed E-state index contributed by atoms with van der Waals surface area (Å²) in [4.78, 5) is 12.5. The van der Waals surface area contributed by atoms with Crippen molar-refractivity contribution in [3.05, 3.63) is 47.0 Å². The van der Waals surface area contributed by atoms with Gasteiger partial charge in [0.05, 0.1) is 12.3 Å². The smallest absolute Gasteiger partial charge is 0.265 e. The zero-order valence-corrected chi connectivity index (χ0v) is 15.8. The normalized spacial score (nSPS) is 16.4. The van der Waals surface area contributed by atoms with Gasteiger partial charge in [-0.15, -0.1) is 0 Å². The zero-order valence-electron chi connectivity index (χ0n) is 15.0. The summed E-state index contributed by atoms with van der Waals surface area (Å²) in [6.45, 7) is 6.12. The van der Waals surface area contributed by atoms with E-state index in [4.69, 9.17) is 25.8 Å². The highest BCUT2D eigenvalue weighted by atomic mass is 35.5. The lowest BCUT2D eigenvalue weighted by Crippen LogP contribution is -2.30. The first-order valence-corrected chi connectivity index (χ1v) is 9.03. The minimum atomic E-state index is -0.682. The summed E-state index contributed by atoms with van der Waals surface area (Å²) in [6.07, 6.45) is 0.274. The molecule has 2 atom stereocenters. The SMILES string of the molecule is CCOc1cc2c(cc1NC(=O)C(C)Oc1ccc(Cl)cc1)OC(C)C2. The number of carbonyl (C=O) groups is 1. The molecule has 0 saturated heterocycles. The van der Waals surface area contributed by atoms with Gasteiger partial charge in [-0.3, -0.25) is 4.79 Å². The fraction of sp³-hybridized carbons (Fsp3) is 0.350. The molecule has 0 radical (unpaired) electrons. The van der Waals surface area contributed by atoms with E-state index in [-0.39, 0.29) is 12.0 Å². The molecule has 1 aliphatic heterocycles. The summed E-state index contributed by atoms with van der Waals surface area (Å²) in [5, 5.41) is 3.49. The van der Waals surface area contributed by atoms with Gasteiger partial charge in [-0.05, 0) is 51.1 Å². The molecule has 26 heavy (non-hydrogen) atoms. The largest absolute Gasteiger partial charge is 0.492 e. The predicted octanol–water partition coefficient (Wildman–Crippen LogP) is 4.47. The minimum absolute atomic E-state index is 0.123. The van der Waals surface area contributed by atoms with Crippen molar-refractivity contribution in [2.45, 2.75) is 39.4 Å². The highest BCUT2D eigenvalue weighted by Gasteiger charge is 2.24. The van der Waals surface area contributed by atoms with Gasteiger partial charge in [0.1, 0.15) is 23.4 Å². The third-order valence-electron chi connectivity index (χ3n) is 4.05. The van der Waals surface area contributed by atoms with Crippen molar-refractivity contribution in [1.29, 1.82) is 0 Å². The van der Waals surface area contributed by atoms with Crippen LogP contribution >= 0.6 is 11.6 Å². The van der Waals surface area contributed by atoms with Gasteiger partial charge in [0.2, 0.25) is 0 Å². The van der Waals surface area contributed by atoms with Crippen molar-refractivity contribution >= 4 is 23.2 Å². The Morgan fingerprint density at radius 1 is 1.35 bits per heavy atom. The van der Waals surface area contributed by atoms with Crippen LogP contribution in [0.1, 0.15) is 26.3 Å². The van der Waals surface area contributed by atoms with Crippen LogP contribution < -0.4 is 19.5 Å². The van der Waals surface area contributed by atoms with Crippen LogP contribution in [0.25, 0.3) is 0 Å². The summed E-state index contributed by atoms with van der Waals surface area (Å²) >= 11 is 5.86. The molecule has 3 rings (SSSR count). The van der Waals surface area contributed by atoms with Crippen LogP contribution in [0.15, 0.2) is 36.4 Å². The number of anilines is 1. The average molecular weight is 376 g/mol. The van der Waals surface area contributed by atoms with Crippen LogP contribution in [0.3, 0.4) is 0 Å². The van der Waals surface area contributed by atoms with Crippen LogP contribution in [0.5, 0.6) is 17.2 Å². The second kappa shape index (κ2) is 7.87. The standard InChI is InChI=1S/C20H22ClNO4/c1-4-24-19-10-14-9-12(2)25-18(14)11-17(19)22-20(23)13(3)26-16-7-5-15(21)6-8-16/h5-8,10-13H,4,9H2,1-3H3,(H,22,23). The van der Waals surface area contributed by atoms with Crippen molar-refractivity contribution in [1.82, 2.24) is 0 Å². The Balaban J connectivity index is 1.73. The first-order valence-electron chi connectivity index (χ1n) is 8.65. The molecule has 1 N–H and O–H groups in total. The number of nitrogens with one attached hydrogen (secondary N) is 1. The first-order chi connectivity index (χ1) is 12.5. The van der Waals surface area contributed by atoms with Crippen LogP contribution in [-0.4, -0.2) is 24.7 Å². The van der Waals surface area contributed by atoms with Crippen molar-refractivity contribution < 1.29 is 19.0 Å². The Morgan fingerprint density at radius 2 is 2.08 bits per heavy atom. The molecule has 0 saturated carbocycles. The van der Waals surface area contributed by atoms with E-state index in [2.05, 4.69) is 5.32 Å². The average Bonchev–Trinajstić information content (AvgIpc) is 2.96. The highest BCUT2D eigenvalue weighted by molar-refractivity contribution is 6.30. The lowest BCUT2D eigenvalue weighted by molar-refractivity contribution is -0.122. The Labute approximate surface area is 158 Å². The number of halogens is 1. The van der Waals surface area contributed by atoms with E-state index in [0.717, 1.165) is 17.7 Å². The number of hydrogen-bond acceptors (Lipinski definition) is 4. The fourth-order valence-corrected chi connectivity index (χ4v) is 2.94. The minimum Gasteiger partial charge on any atom is -0.492 e. The number of benzene rings is 2. The lowest BCUT2D eigenvalue weighted by atomic mass is 10.1. The molecule has 1 amide bonds. The highest BCUT2D eigenvalue weighted by Crippen LogP contribution is 2.38. The first kappa shape index (κ1) is 18.4. The van der Waals surface area contributed by atoms with E-state index in [0.29, 0.717) is 28.8 Å². The van der Waals surface area contributed by atoms with E-state index in [9.17, 15) is 4.79 Å². The molecule has 0 spiro atoms. The van der Waals surface area contributed by atoms with E-state index < -0.39 is 6.10 Å².